The molecule has 0 unspecified atom stereocenters. The van der Waals surface area contributed by atoms with Crippen molar-refractivity contribution in [3.63, 3.8) is 0 Å². The topological polar surface area (TPSA) is 111 Å². The van der Waals surface area contributed by atoms with Crippen LogP contribution in [-0.4, -0.2) is 30.9 Å². The van der Waals surface area contributed by atoms with E-state index >= 15 is 0 Å². The van der Waals surface area contributed by atoms with E-state index in [0.717, 1.165) is 6.42 Å². The van der Waals surface area contributed by atoms with Crippen LogP contribution >= 0.6 is 0 Å². The van der Waals surface area contributed by atoms with Gasteiger partial charge in [0.15, 0.2) is 0 Å². The molecule has 0 atom stereocenters. The van der Waals surface area contributed by atoms with Crippen LogP contribution in [0.4, 0.5) is 11.4 Å². The summed E-state index contributed by atoms with van der Waals surface area (Å²) in [6, 6.07) is 13.1. The van der Waals surface area contributed by atoms with E-state index in [1.54, 1.807) is 42.5 Å². The molecule has 2 rings (SSSR count). The number of esters is 1. The summed E-state index contributed by atoms with van der Waals surface area (Å²) in [4.78, 5) is 34.9. The highest BCUT2D eigenvalue weighted by Crippen LogP contribution is 2.12. The molecular weight excluding hydrogens is 334 g/mol. The first-order chi connectivity index (χ1) is 12.5. The van der Waals surface area contributed by atoms with Gasteiger partial charge in [-0.1, -0.05) is 13.0 Å². The van der Waals surface area contributed by atoms with Crippen LogP contribution in [0, 0.1) is 0 Å². The Morgan fingerprint density at radius 3 is 2.38 bits per heavy atom. The van der Waals surface area contributed by atoms with Gasteiger partial charge in [-0.25, -0.2) is 4.79 Å². The van der Waals surface area contributed by atoms with Gasteiger partial charge < -0.3 is 21.1 Å². The third kappa shape index (κ3) is 5.62. The normalized spacial score (nSPS) is 10.0. The number of ether oxygens (including phenoxy) is 1. The molecule has 0 saturated carbocycles. The smallest absolute Gasteiger partial charge is 0.338 e. The number of nitrogens with two attached hydrogens (primary N) is 1. The Morgan fingerprint density at radius 1 is 1.00 bits per heavy atom. The molecule has 0 fully saturated rings. The van der Waals surface area contributed by atoms with Crippen LogP contribution in [0.5, 0.6) is 0 Å². The van der Waals surface area contributed by atoms with Gasteiger partial charge in [0.1, 0.15) is 0 Å². The molecule has 0 aliphatic rings. The number of carbonyl (C=O) groups excluding carboxylic acids is 3. The van der Waals surface area contributed by atoms with E-state index < -0.39 is 5.91 Å². The number of primary amides is 1. The van der Waals surface area contributed by atoms with Gasteiger partial charge in [-0.15, -0.1) is 0 Å². The second kappa shape index (κ2) is 9.22. The third-order valence-electron chi connectivity index (χ3n) is 3.44. The summed E-state index contributed by atoms with van der Waals surface area (Å²) in [7, 11) is 0. The van der Waals surface area contributed by atoms with Crippen molar-refractivity contribution in [3.8, 4) is 0 Å². The molecule has 4 N–H and O–H groups in total. The lowest BCUT2D eigenvalue weighted by Gasteiger charge is -2.09. The quantitative estimate of drug-likeness (QED) is 0.630. The van der Waals surface area contributed by atoms with Gasteiger partial charge in [-0.05, 0) is 48.9 Å². The number of amides is 2. The monoisotopic (exact) mass is 355 g/mol. The van der Waals surface area contributed by atoms with Gasteiger partial charge in [0.05, 0.1) is 18.7 Å². The maximum absolute atomic E-state index is 12.0. The zero-order valence-corrected chi connectivity index (χ0v) is 14.5. The highest BCUT2D eigenvalue weighted by Gasteiger charge is 2.08. The number of carbonyl (C=O) groups is 3. The Hall–Kier alpha value is -3.35. The molecule has 0 heterocycles. The Kier molecular flexibility index (Phi) is 6.73. The summed E-state index contributed by atoms with van der Waals surface area (Å²) in [6.45, 7) is 2.34. The van der Waals surface area contributed by atoms with E-state index in [2.05, 4.69) is 10.6 Å². The van der Waals surface area contributed by atoms with Crippen LogP contribution in [0.1, 0.15) is 34.1 Å². The Balaban J connectivity index is 1.86. The van der Waals surface area contributed by atoms with Crippen LogP contribution in [0.3, 0.4) is 0 Å². The van der Waals surface area contributed by atoms with E-state index in [1.165, 1.54) is 6.07 Å². The second-order valence-corrected chi connectivity index (χ2v) is 5.56. The summed E-state index contributed by atoms with van der Waals surface area (Å²) in [6.07, 6.45) is 0.767. The molecule has 2 aromatic carbocycles. The van der Waals surface area contributed by atoms with Gasteiger partial charge >= 0.3 is 5.97 Å². The molecule has 136 valence electrons. The van der Waals surface area contributed by atoms with Gasteiger partial charge in [-0.3, -0.25) is 9.59 Å². The summed E-state index contributed by atoms with van der Waals surface area (Å²) in [5.74, 6) is -1.21. The Labute approximate surface area is 151 Å². The number of hydrogen-bond donors (Lipinski definition) is 3. The predicted molar refractivity (Wildman–Crippen MR) is 99.1 cm³/mol. The SMILES string of the molecule is CCCOC(=O)c1ccc(NCC(=O)Nc2cccc(C(N)=O)c2)cc1. The van der Waals surface area contributed by atoms with Gasteiger partial charge in [0, 0.05) is 16.9 Å². The zero-order chi connectivity index (χ0) is 18.9. The molecule has 0 bridgehead atoms. The van der Waals surface area contributed by atoms with Crippen molar-refractivity contribution in [2.24, 2.45) is 5.73 Å². The molecule has 7 nitrogen and oxygen atoms in total. The van der Waals surface area contributed by atoms with E-state index in [4.69, 9.17) is 10.5 Å². The minimum absolute atomic E-state index is 0.0282. The van der Waals surface area contributed by atoms with Crippen molar-refractivity contribution < 1.29 is 19.1 Å². The molecule has 0 saturated heterocycles. The summed E-state index contributed by atoms with van der Waals surface area (Å²) in [5, 5.41) is 5.63. The summed E-state index contributed by atoms with van der Waals surface area (Å²) < 4.78 is 5.05. The molecular formula is C19H21N3O4. The maximum Gasteiger partial charge on any atom is 0.338 e. The number of anilines is 2. The van der Waals surface area contributed by atoms with Crippen LogP contribution in [-0.2, 0) is 9.53 Å². The molecule has 7 heteroatoms. The Bertz CT molecular complexity index is 788. The average molecular weight is 355 g/mol. The van der Waals surface area contributed by atoms with Crippen LogP contribution in [0.2, 0.25) is 0 Å². The highest BCUT2D eigenvalue weighted by molar-refractivity contribution is 5.97. The molecule has 0 aliphatic carbocycles. The first-order valence-corrected chi connectivity index (χ1v) is 8.20. The molecule has 2 amide bonds. The lowest BCUT2D eigenvalue weighted by Crippen LogP contribution is -2.22. The molecule has 2 aromatic rings. The van der Waals surface area contributed by atoms with E-state index in [-0.39, 0.29) is 18.4 Å². The van der Waals surface area contributed by atoms with Crippen molar-refractivity contribution in [1.29, 1.82) is 0 Å². The van der Waals surface area contributed by atoms with Gasteiger partial charge in [0.25, 0.3) is 0 Å². The van der Waals surface area contributed by atoms with Crippen molar-refractivity contribution in [3.05, 3.63) is 59.7 Å². The number of nitrogens with one attached hydrogen (secondary N) is 2. The largest absolute Gasteiger partial charge is 0.462 e. The first kappa shape index (κ1) is 19.0. The zero-order valence-electron chi connectivity index (χ0n) is 14.5. The molecule has 0 radical (unpaired) electrons. The Morgan fingerprint density at radius 2 is 1.73 bits per heavy atom. The number of rotatable bonds is 8. The predicted octanol–water partition coefficient (Wildman–Crippen LogP) is 2.40. The van der Waals surface area contributed by atoms with Gasteiger partial charge in [-0.2, -0.15) is 0 Å². The molecule has 0 aromatic heterocycles. The van der Waals surface area contributed by atoms with Crippen LogP contribution in [0.15, 0.2) is 48.5 Å². The van der Waals surface area contributed by atoms with Crippen molar-refractivity contribution in [2.75, 3.05) is 23.8 Å². The fourth-order valence-corrected chi connectivity index (χ4v) is 2.14. The fraction of sp³-hybridized carbons (Fsp3) is 0.211. The maximum atomic E-state index is 12.0. The van der Waals surface area contributed by atoms with Crippen molar-refractivity contribution in [2.45, 2.75) is 13.3 Å². The second-order valence-electron chi connectivity index (χ2n) is 5.56. The standard InChI is InChI=1S/C19H21N3O4/c1-2-10-26-19(25)13-6-8-15(9-7-13)21-12-17(23)22-16-5-3-4-14(11-16)18(20)24/h3-9,11,21H,2,10,12H2,1H3,(H2,20,24)(H,22,23). The molecule has 26 heavy (non-hydrogen) atoms. The lowest BCUT2D eigenvalue weighted by atomic mass is 10.2. The number of hydrogen-bond acceptors (Lipinski definition) is 5. The number of benzene rings is 2. The minimum Gasteiger partial charge on any atom is -0.462 e. The molecule has 0 spiro atoms. The van der Waals surface area contributed by atoms with E-state index in [0.29, 0.717) is 29.1 Å². The van der Waals surface area contributed by atoms with Crippen molar-refractivity contribution >= 4 is 29.2 Å². The van der Waals surface area contributed by atoms with Gasteiger partial charge in [0.2, 0.25) is 11.8 Å². The summed E-state index contributed by atoms with van der Waals surface area (Å²) in [5.41, 5.74) is 7.17. The third-order valence-corrected chi connectivity index (χ3v) is 3.44. The van der Waals surface area contributed by atoms with E-state index in [9.17, 15) is 14.4 Å². The fourth-order valence-electron chi connectivity index (χ4n) is 2.14. The van der Waals surface area contributed by atoms with Crippen LogP contribution < -0.4 is 16.4 Å². The lowest BCUT2D eigenvalue weighted by molar-refractivity contribution is -0.114. The summed E-state index contributed by atoms with van der Waals surface area (Å²) >= 11 is 0. The minimum atomic E-state index is -0.559. The van der Waals surface area contributed by atoms with Crippen LogP contribution in [0.25, 0.3) is 0 Å². The van der Waals surface area contributed by atoms with Crippen molar-refractivity contribution in [1.82, 2.24) is 0 Å². The average Bonchev–Trinajstić information content (AvgIpc) is 2.65. The highest BCUT2D eigenvalue weighted by atomic mass is 16.5. The first-order valence-electron chi connectivity index (χ1n) is 8.20. The van der Waals surface area contributed by atoms with E-state index in [1.807, 2.05) is 6.92 Å². The molecule has 0 aliphatic heterocycles.